The fourth-order valence-corrected chi connectivity index (χ4v) is 1.84. The molecule has 44 valence electrons. The van der Waals surface area contributed by atoms with Crippen LogP contribution in [0.1, 0.15) is 6.42 Å². The lowest BCUT2D eigenvalue weighted by atomic mass is 10.4. The minimum atomic E-state index is 0.815. The quantitative estimate of drug-likeness (QED) is 0.445. The van der Waals surface area contributed by atoms with Gasteiger partial charge in [0.25, 0.3) is 0 Å². The Morgan fingerprint density at radius 3 is 2.75 bits per heavy atom. The molecule has 0 aromatic heterocycles. The third kappa shape index (κ3) is 0.440. The molecule has 0 aromatic rings. The van der Waals surface area contributed by atoms with Gasteiger partial charge in [0.15, 0.2) is 0 Å². The van der Waals surface area contributed by atoms with Crippen molar-refractivity contribution in [2.24, 2.45) is 11.8 Å². The molecule has 1 nitrogen and oxygen atoms in total. The lowest BCUT2D eigenvalue weighted by Crippen LogP contribution is -2.21. The van der Waals surface area contributed by atoms with Crippen molar-refractivity contribution >= 4 is 17.2 Å². The molecular formula is C6H9NS. The second-order valence-corrected chi connectivity index (χ2v) is 3.24. The third-order valence-corrected chi connectivity index (χ3v) is 2.74. The Labute approximate surface area is 54.7 Å². The van der Waals surface area contributed by atoms with Gasteiger partial charge in [-0.2, -0.15) is 0 Å². The standard InChI is InChI=1S/C6H9NS/c1-7-3-4-2-5(4)6(7)8/h4-5H,2-3H2,1H3. The first-order valence-electron chi connectivity index (χ1n) is 3.04. The van der Waals surface area contributed by atoms with E-state index in [2.05, 4.69) is 11.9 Å². The van der Waals surface area contributed by atoms with Gasteiger partial charge in [-0.05, 0) is 12.3 Å². The number of rotatable bonds is 0. The van der Waals surface area contributed by atoms with E-state index < -0.39 is 0 Å². The minimum absolute atomic E-state index is 0.815. The number of likely N-dealkylation sites (tertiary alicyclic amines) is 1. The van der Waals surface area contributed by atoms with Crippen LogP contribution in [0.2, 0.25) is 0 Å². The SMILES string of the molecule is CN1CC2CC2C1=S. The molecule has 1 heterocycles. The van der Waals surface area contributed by atoms with E-state index in [-0.39, 0.29) is 0 Å². The maximum absolute atomic E-state index is 5.13. The van der Waals surface area contributed by atoms with Crippen molar-refractivity contribution in [2.45, 2.75) is 6.42 Å². The first-order valence-corrected chi connectivity index (χ1v) is 3.45. The normalized spacial score (nSPS) is 42.6. The van der Waals surface area contributed by atoms with Crippen molar-refractivity contribution in [3.05, 3.63) is 0 Å². The van der Waals surface area contributed by atoms with Crippen molar-refractivity contribution in [1.29, 1.82) is 0 Å². The number of nitrogens with zero attached hydrogens (tertiary/aromatic N) is 1. The first kappa shape index (κ1) is 4.74. The predicted octanol–water partition coefficient (Wildman–Crippen LogP) is 0.895. The number of hydrogen-bond donors (Lipinski definition) is 0. The third-order valence-electron chi connectivity index (χ3n) is 2.12. The van der Waals surface area contributed by atoms with Gasteiger partial charge >= 0.3 is 0 Å². The summed E-state index contributed by atoms with van der Waals surface area (Å²) in [6.07, 6.45) is 1.38. The fourth-order valence-electron chi connectivity index (χ4n) is 1.48. The Kier molecular flexibility index (Phi) is 0.734. The largest absolute Gasteiger partial charge is 0.369 e. The van der Waals surface area contributed by atoms with Crippen molar-refractivity contribution in [1.82, 2.24) is 4.90 Å². The second kappa shape index (κ2) is 1.24. The van der Waals surface area contributed by atoms with Crippen LogP contribution in [-0.4, -0.2) is 23.5 Å². The van der Waals surface area contributed by atoms with Gasteiger partial charge in [0.1, 0.15) is 0 Å². The van der Waals surface area contributed by atoms with Gasteiger partial charge in [0, 0.05) is 19.5 Å². The smallest absolute Gasteiger partial charge is 0.0811 e. The summed E-state index contributed by atoms with van der Waals surface area (Å²) in [5, 5.41) is 0. The molecule has 2 aliphatic rings. The Balaban J connectivity index is 2.19. The highest BCUT2D eigenvalue weighted by Gasteiger charge is 2.47. The van der Waals surface area contributed by atoms with E-state index >= 15 is 0 Å². The van der Waals surface area contributed by atoms with Gasteiger partial charge in [-0.1, -0.05) is 12.2 Å². The molecule has 1 aliphatic carbocycles. The Bertz CT molecular complexity index is 139. The van der Waals surface area contributed by atoms with E-state index in [1.54, 1.807) is 0 Å². The Morgan fingerprint density at radius 2 is 2.50 bits per heavy atom. The average molecular weight is 127 g/mol. The predicted molar refractivity (Wildman–Crippen MR) is 36.8 cm³/mol. The first-order chi connectivity index (χ1) is 3.79. The van der Waals surface area contributed by atoms with Crippen LogP contribution in [0.3, 0.4) is 0 Å². The molecule has 0 spiro atoms. The van der Waals surface area contributed by atoms with E-state index in [4.69, 9.17) is 12.2 Å². The summed E-state index contributed by atoms with van der Waals surface area (Å²) >= 11 is 5.13. The molecule has 0 amide bonds. The molecule has 8 heavy (non-hydrogen) atoms. The van der Waals surface area contributed by atoms with E-state index in [1.165, 1.54) is 18.0 Å². The van der Waals surface area contributed by atoms with Crippen LogP contribution >= 0.6 is 12.2 Å². The summed E-state index contributed by atoms with van der Waals surface area (Å²) < 4.78 is 0. The van der Waals surface area contributed by atoms with Gasteiger partial charge < -0.3 is 4.90 Å². The van der Waals surface area contributed by atoms with Gasteiger partial charge in [0.2, 0.25) is 0 Å². The summed E-state index contributed by atoms with van der Waals surface area (Å²) in [5.74, 6) is 1.77. The number of hydrogen-bond acceptors (Lipinski definition) is 1. The molecule has 2 unspecified atom stereocenters. The number of fused-ring (bicyclic) bond motifs is 1. The molecule has 1 aliphatic heterocycles. The maximum Gasteiger partial charge on any atom is 0.0811 e. The lowest BCUT2D eigenvalue weighted by Gasteiger charge is -2.11. The van der Waals surface area contributed by atoms with E-state index in [1.807, 2.05) is 0 Å². The summed E-state index contributed by atoms with van der Waals surface area (Å²) in [5.41, 5.74) is 0. The summed E-state index contributed by atoms with van der Waals surface area (Å²) in [6.45, 7) is 1.23. The molecule has 0 bridgehead atoms. The van der Waals surface area contributed by atoms with E-state index in [9.17, 15) is 0 Å². The molecule has 2 rings (SSSR count). The van der Waals surface area contributed by atoms with Gasteiger partial charge in [-0.25, -0.2) is 0 Å². The zero-order valence-corrected chi connectivity index (χ0v) is 5.74. The van der Waals surface area contributed by atoms with Crippen molar-refractivity contribution < 1.29 is 0 Å². The zero-order valence-electron chi connectivity index (χ0n) is 4.92. The zero-order chi connectivity index (χ0) is 5.72. The number of piperidine rings is 1. The summed E-state index contributed by atoms with van der Waals surface area (Å²) in [6, 6.07) is 0. The molecule has 2 fully saturated rings. The lowest BCUT2D eigenvalue weighted by molar-refractivity contribution is 0.515. The summed E-state index contributed by atoms with van der Waals surface area (Å²) in [4.78, 5) is 3.41. The molecular weight excluding hydrogens is 118 g/mol. The van der Waals surface area contributed by atoms with E-state index in [0.717, 1.165) is 11.8 Å². The van der Waals surface area contributed by atoms with Gasteiger partial charge in [-0.3, -0.25) is 0 Å². The minimum Gasteiger partial charge on any atom is -0.369 e. The summed E-state index contributed by atoms with van der Waals surface area (Å²) in [7, 11) is 2.09. The average Bonchev–Trinajstić information content (AvgIpc) is 2.39. The highest BCUT2D eigenvalue weighted by molar-refractivity contribution is 7.80. The van der Waals surface area contributed by atoms with Crippen molar-refractivity contribution in [2.75, 3.05) is 13.6 Å². The van der Waals surface area contributed by atoms with Gasteiger partial charge in [0.05, 0.1) is 4.99 Å². The van der Waals surface area contributed by atoms with Crippen LogP contribution in [0.15, 0.2) is 0 Å². The highest BCUT2D eigenvalue weighted by atomic mass is 32.1. The molecule has 0 radical (unpaired) electrons. The molecule has 1 saturated heterocycles. The molecule has 1 saturated carbocycles. The molecule has 0 aromatic carbocycles. The van der Waals surface area contributed by atoms with Crippen molar-refractivity contribution in [3.63, 3.8) is 0 Å². The van der Waals surface area contributed by atoms with Crippen LogP contribution in [0.5, 0.6) is 0 Å². The maximum atomic E-state index is 5.13. The van der Waals surface area contributed by atoms with Crippen LogP contribution in [0, 0.1) is 11.8 Å². The Hall–Kier alpha value is -0.110. The van der Waals surface area contributed by atoms with E-state index in [0.29, 0.717) is 0 Å². The van der Waals surface area contributed by atoms with Crippen LogP contribution in [-0.2, 0) is 0 Å². The van der Waals surface area contributed by atoms with Crippen LogP contribution in [0.25, 0.3) is 0 Å². The Morgan fingerprint density at radius 1 is 1.75 bits per heavy atom. The van der Waals surface area contributed by atoms with Crippen LogP contribution in [0.4, 0.5) is 0 Å². The molecule has 0 N–H and O–H groups in total. The highest BCUT2D eigenvalue weighted by Crippen LogP contribution is 2.45. The van der Waals surface area contributed by atoms with Crippen LogP contribution < -0.4 is 0 Å². The topological polar surface area (TPSA) is 3.24 Å². The number of thiocarbonyl (C=S) groups is 1. The molecule has 2 heteroatoms. The molecule has 2 atom stereocenters. The fraction of sp³-hybridized carbons (Fsp3) is 0.833. The second-order valence-electron chi connectivity index (χ2n) is 2.82. The monoisotopic (exact) mass is 127 g/mol. The van der Waals surface area contributed by atoms with Gasteiger partial charge in [-0.15, -0.1) is 0 Å². The van der Waals surface area contributed by atoms with Crippen molar-refractivity contribution in [3.8, 4) is 0 Å².